The van der Waals surface area contributed by atoms with Crippen molar-refractivity contribution in [2.24, 2.45) is 0 Å². The highest BCUT2D eigenvalue weighted by atomic mass is 32.2. The van der Waals surface area contributed by atoms with Crippen molar-refractivity contribution in [3.63, 3.8) is 0 Å². The first-order valence-electron chi connectivity index (χ1n) is 4.82. The maximum Gasteiger partial charge on any atom is 0.0641 e. The molecule has 0 amide bonds. The molecule has 0 saturated carbocycles. The molecule has 0 bridgehead atoms. The van der Waals surface area contributed by atoms with Crippen molar-refractivity contribution in [2.45, 2.75) is 24.8 Å². The molecule has 0 radical (unpaired) electrons. The quantitative estimate of drug-likeness (QED) is 0.743. The predicted molar refractivity (Wildman–Crippen MR) is 61.1 cm³/mol. The second kappa shape index (κ2) is 3.83. The monoisotopic (exact) mass is 209 g/mol. The summed E-state index contributed by atoms with van der Waals surface area (Å²) in [6.45, 7) is 4.45. The fourth-order valence-electron chi connectivity index (χ4n) is 1.63. The molecule has 0 spiro atoms. The summed E-state index contributed by atoms with van der Waals surface area (Å²) in [6, 6.07) is 4.51. The first kappa shape index (κ1) is 9.87. The van der Waals surface area contributed by atoms with Gasteiger partial charge in [0.15, 0.2) is 0 Å². The van der Waals surface area contributed by atoms with E-state index >= 15 is 0 Å². The Morgan fingerprint density at radius 1 is 1.50 bits per heavy atom. The van der Waals surface area contributed by atoms with Gasteiger partial charge in [0.1, 0.15) is 0 Å². The molecule has 2 rings (SSSR count). The first-order chi connectivity index (χ1) is 6.72. The molecular formula is C11H15NOS. The standard InChI is InChI=1S/C11H15NOS/c1-7-3-4-10-11(8(7)2)12-9(5-13)6-14-10/h3-4,9,12-13H,5-6H2,1-2H3. The lowest BCUT2D eigenvalue weighted by Crippen LogP contribution is -2.30. The van der Waals surface area contributed by atoms with Crippen LogP contribution in [0, 0.1) is 13.8 Å². The Balaban J connectivity index is 2.38. The Bertz CT molecular complexity index is 351. The molecule has 1 aliphatic heterocycles. The van der Waals surface area contributed by atoms with Gasteiger partial charge in [-0.1, -0.05) is 6.07 Å². The van der Waals surface area contributed by atoms with Crippen LogP contribution in [0.25, 0.3) is 0 Å². The van der Waals surface area contributed by atoms with E-state index in [1.165, 1.54) is 21.7 Å². The summed E-state index contributed by atoms with van der Waals surface area (Å²) < 4.78 is 0. The molecule has 0 fully saturated rings. The SMILES string of the molecule is Cc1ccc2c(c1C)NC(CO)CS2. The Hall–Kier alpha value is -0.670. The van der Waals surface area contributed by atoms with Crippen molar-refractivity contribution in [2.75, 3.05) is 17.7 Å². The van der Waals surface area contributed by atoms with Gasteiger partial charge in [-0.15, -0.1) is 11.8 Å². The summed E-state index contributed by atoms with van der Waals surface area (Å²) in [7, 11) is 0. The normalized spacial score (nSPS) is 20.1. The van der Waals surface area contributed by atoms with Crippen molar-refractivity contribution in [3.05, 3.63) is 23.3 Å². The molecule has 1 atom stereocenters. The van der Waals surface area contributed by atoms with Crippen LogP contribution in [-0.4, -0.2) is 23.5 Å². The highest BCUT2D eigenvalue weighted by Crippen LogP contribution is 2.36. The number of aryl methyl sites for hydroxylation is 1. The molecule has 76 valence electrons. The van der Waals surface area contributed by atoms with Crippen LogP contribution in [0.1, 0.15) is 11.1 Å². The number of aliphatic hydroxyl groups is 1. The molecule has 0 saturated heterocycles. The molecule has 2 N–H and O–H groups in total. The number of hydrogen-bond acceptors (Lipinski definition) is 3. The molecule has 1 heterocycles. The summed E-state index contributed by atoms with van der Waals surface area (Å²) in [5.41, 5.74) is 3.81. The third-order valence-electron chi connectivity index (χ3n) is 2.71. The van der Waals surface area contributed by atoms with Crippen LogP contribution < -0.4 is 5.32 Å². The minimum atomic E-state index is 0.202. The van der Waals surface area contributed by atoms with Crippen LogP contribution in [0.2, 0.25) is 0 Å². The Kier molecular flexibility index (Phi) is 2.70. The predicted octanol–water partition coefficient (Wildman–Crippen LogP) is 2.18. The Labute approximate surface area is 88.7 Å². The lowest BCUT2D eigenvalue weighted by atomic mass is 10.1. The number of nitrogens with one attached hydrogen (secondary N) is 1. The van der Waals surface area contributed by atoms with Crippen molar-refractivity contribution in [3.8, 4) is 0 Å². The van der Waals surface area contributed by atoms with Crippen molar-refractivity contribution < 1.29 is 5.11 Å². The Morgan fingerprint density at radius 3 is 3.00 bits per heavy atom. The van der Waals surface area contributed by atoms with Crippen LogP contribution in [0.4, 0.5) is 5.69 Å². The van der Waals surface area contributed by atoms with E-state index in [9.17, 15) is 0 Å². The van der Waals surface area contributed by atoms with E-state index < -0.39 is 0 Å². The lowest BCUT2D eigenvalue weighted by Gasteiger charge is -2.27. The van der Waals surface area contributed by atoms with Gasteiger partial charge in [0.05, 0.1) is 18.3 Å². The fraction of sp³-hybridized carbons (Fsp3) is 0.455. The van der Waals surface area contributed by atoms with Crippen LogP contribution in [0.5, 0.6) is 0 Å². The summed E-state index contributed by atoms with van der Waals surface area (Å²) in [6.07, 6.45) is 0. The number of hydrogen-bond donors (Lipinski definition) is 2. The van der Waals surface area contributed by atoms with Gasteiger partial charge in [-0.25, -0.2) is 0 Å². The minimum absolute atomic E-state index is 0.202. The zero-order valence-electron chi connectivity index (χ0n) is 8.50. The minimum Gasteiger partial charge on any atom is -0.394 e. The molecule has 1 aromatic rings. The first-order valence-corrected chi connectivity index (χ1v) is 5.81. The summed E-state index contributed by atoms with van der Waals surface area (Å²) in [4.78, 5) is 1.30. The average molecular weight is 209 g/mol. The van der Waals surface area contributed by atoms with E-state index in [1.54, 1.807) is 0 Å². The van der Waals surface area contributed by atoms with E-state index in [0.717, 1.165) is 5.75 Å². The van der Waals surface area contributed by atoms with Gasteiger partial charge in [0, 0.05) is 10.6 Å². The summed E-state index contributed by atoms with van der Waals surface area (Å²) >= 11 is 1.82. The van der Waals surface area contributed by atoms with Crippen molar-refractivity contribution in [1.82, 2.24) is 0 Å². The summed E-state index contributed by atoms with van der Waals surface area (Å²) in [5.74, 6) is 0.950. The number of anilines is 1. The van der Waals surface area contributed by atoms with E-state index in [2.05, 4.69) is 31.3 Å². The zero-order valence-corrected chi connectivity index (χ0v) is 9.32. The molecule has 1 aliphatic rings. The highest BCUT2D eigenvalue weighted by Gasteiger charge is 2.19. The van der Waals surface area contributed by atoms with Gasteiger partial charge in [0.2, 0.25) is 0 Å². The van der Waals surface area contributed by atoms with Crippen molar-refractivity contribution >= 4 is 17.4 Å². The molecule has 14 heavy (non-hydrogen) atoms. The number of benzene rings is 1. The van der Waals surface area contributed by atoms with E-state index in [4.69, 9.17) is 5.11 Å². The van der Waals surface area contributed by atoms with E-state index in [1.807, 2.05) is 11.8 Å². The second-order valence-corrected chi connectivity index (χ2v) is 4.78. The average Bonchev–Trinajstić information content (AvgIpc) is 2.23. The van der Waals surface area contributed by atoms with E-state index in [-0.39, 0.29) is 12.6 Å². The maximum absolute atomic E-state index is 9.10. The highest BCUT2D eigenvalue weighted by molar-refractivity contribution is 7.99. The third kappa shape index (κ3) is 1.62. The second-order valence-electron chi connectivity index (χ2n) is 3.72. The number of rotatable bonds is 1. The molecular weight excluding hydrogens is 194 g/mol. The molecule has 0 aromatic heterocycles. The lowest BCUT2D eigenvalue weighted by molar-refractivity contribution is 0.282. The van der Waals surface area contributed by atoms with Crippen molar-refractivity contribution in [1.29, 1.82) is 0 Å². The van der Waals surface area contributed by atoms with Gasteiger partial charge in [0.25, 0.3) is 0 Å². The van der Waals surface area contributed by atoms with Crippen LogP contribution in [0.3, 0.4) is 0 Å². The number of thioether (sulfide) groups is 1. The van der Waals surface area contributed by atoms with Gasteiger partial charge >= 0.3 is 0 Å². The van der Waals surface area contributed by atoms with Crippen LogP contribution >= 0.6 is 11.8 Å². The molecule has 0 aliphatic carbocycles. The molecule has 1 aromatic carbocycles. The Morgan fingerprint density at radius 2 is 2.29 bits per heavy atom. The number of aliphatic hydroxyl groups excluding tert-OH is 1. The van der Waals surface area contributed by atoms with Gasteiger partial charge in [-0.05, 0) is 31.0 Å². The zero-order chi connectivity index (χ0) is 10.1. The number of fused-ring (bicyclic) bond motifs is 1. The maximum atomic E-state index is 9.10. The molecule has 1 unspecified atom stereocenters. The topological polar surface area (TPSA) is 32.3 Å². The van der Waals surface area contributed by atoms with Gasteiger partial charge in [-0.2, -0.15) is 0 Å². The largest absolute Gasteiger partial charge is 0.394 e. The smallest absolute Gasteiger partial charge is 0.0641 e. The van der Waals surface area contributed by atoms with Crippen LogP contribution in [-0.2, 0) is 0 Å². The fourth-order valence-corrected chi connectivity index (χ4v) is 2.72. The summed E-state index contributed by atoms with van der Waals surface area (Å²) in [5, 5.41) is 12.5. The third-order valence-corrected chi connectivity index (χ3v) is 3.93. The van der Waals surface area contributed by atoms with Gasteiger partial charge < -0.3 is 10.4 Å². The van der Waals surface area contributed by atoms with E-state index in [0.29, 0.717) is 0 Å². The van der Waals surface area contributed by atoms with Crippen LogP contribution in [0.15, 0.2) is 17.0 Å². The van der Waals surface area contributed by atoms with Gasteiger partial charge in [-0.3, -0.25) is 0 Å². The molecule has 3 heteroatoms. The molecule has 2 nitrogen and oxygen atoms in total.